The fourth-order valence-corrected chi connectivity index (χ4v) is 7.39. The van der Waals surface area contributed by atoms with Crippen molar-refractivity contribution in [1.82, 2.24) is 19.8 Å². The van der Waals surface area contributed by atoms with Crippen LogP contribution in [-0.4, -0.2) is 75.7 Å². The highest BCUT2D eigenvalue weighted by Crippen LogP contribution is 2.47. The monoisotopic (exact) mass is 672 g/mol. The number of hydrogen-bond donors (Lipinski definition) is 2. The second-order valence-electron chi connectivity index (χ2n) is 13.2. The second kappa shape index (κ2) is 11.8. The van der Waals surface area contributed by atoms with Crippen LogP contribution in [0.15, 0.2) is 54.0 Å². The molecular weight excluding hydrogens is 637 g/mol. The predicted octanol–water partition coefficient (Wildman–Crippen LogP) is 4.52. The molecule has 3 aliphatic heterocycles. The third-order valence-electron chi connectivity index (χ3n) is 9.84. The van der Waals surface area contributed by atoms with E-state index in [-0.39, 0.29) is 52.9 Å². The molecule has 2 aromatic heterocycles. The molecule has 2 N–H and O–H groups in total. The van der Waals surface area contributed by atoms with Gasteiger partial charge < -0.3 is 20.2 Å². The number of carbonyl (C=O) groups excluding carboxylic acids is 2. The smallest absolute Gasteiger partial charge is 0.281 e. The Bertz CT molecular complexity index is 2130. The lowest BCUT2D eigenvalue weighted by Crippen LogP contribution is -2.71. The van der Waals surface area contributed by atoms with E-state index in [0.29, 0.717) is 24.3 Å². The number of benzene rings is 2. The molecule has 0 spiro atoms. The molecule has 254 valence electrons. The van der Waals surface area contributed by atoms with Gasteiger partial charge in [0, 0.05) is 37.3 Å². The number of aryl methyl sites for hydroxylation is 1. The Kier molecular flexibility index (Phi) is 7.77. The molecule has 2 saturated heterocycles. The van der Waals surface area contributed by atoms with Crippen molar-refractivity contribution in [3.8, 4) is 22.6 Å². The summed E-state index contributed by atoms with van der Waals surface area (Å²) in [5.74, 6) is -5.23. The van der Waals surface area contributed by atoms with Crippen molar-refractivity contribution < 1.29 is 27.9 Å². The van der Waals surface area contributed by atoms with E-state index in [1.54, 1.807) is 31.0 Å². The van der Waals surface area contributed by atoms with E-state index in [9.17, 15) is 14.7 Å². The van der Waals surface area contributed by atoms with Gasteiger partial charge in [-0.15, -0.1) is 0 Å². The highest BCUT2D eigenvalue weighted by atomic mass is 19.1. The van der Waals surface area contributed by atoms with E-state index in [4.69, 9.17) is 0 Å². The first-order valence-corrected chi connectivity index (χ1v) is 16.1. The summed E-state index contributed by atoms with van der Waals surface area (Å²) in [6, 6.07) is 4.13. The van der Waals surface area contributed by atoms with Crippen LogP contribution in [0, 0.1) is 24.4 Å². The van der Waals surface area contributed by atoms with Gasteiger partial charge in [-0.3, -0.25) is 28.8 Å². The number of rotatable bonds is 5. The first-order chi connectivity index (χ1) is 23.4. The highest BCUT2D eigenvalue weighted by molar-refractivity contribution is 6.13. The number of piperazine rings is 1. The number of amides is 2. The van der Waals surface area contributed by atoms with Crippen LogP contribution in [-0.2, 0) is 9.59 Å². The Morgan fingerprint density at radius 3 is 2.43 bits per heavy atom. The molecule has 5 heterocycles. The number of fused-ring (bicyclic) bond motifs is 5. The Balaban J connectivity index is 1.66. The molecule has 2 atom stereocenters. The fraction of sp³-hybridized carbons (Fsp3) is 0.333. The van der Waals surface area contributed by atoms with Crippen LogP contribution in [0.5, 0.6) is 5.75 Å². The number of nitrogens with zero attached hydrogens (tertiary/aromatic N) is 5. The summed E-state index contributed by atoms with van der Waals surface area (Å²) in [4.78, 5) is 51.6. The van der Waals surface area contributed by atoms with Crippen LogP contribution in [0.3, 0.4) is 0 Å². The van der Waals surface area contributed by atoms with Crippen molar-refractivity contribution in [3.63, 3.8) is 0 Å². The van der Waals surface area contributed by atoms with E-state index >= 15 is 18.0 Å². The molecule has 13 heteroatoms. The fourth-order valence-electron chi connectivity index (χ4n) is 7.39. The minimum absolute atomic E-state index is 0.0346. The molecule has 10 nitrogen and oxygen atoms in total. The number of pyridine rings is 2. The molecule has 49 heavy (non-hydrogen) atoms. The molecule has 0 aliphatic carbocycles. The topological polar surface area (TPSA) is 111 Å². The minimum atomic E-state index is -1.27. The lowest BCUT2D eigenvalue weighted by molar-refractivity contribution is -0.131. The Hall–Kier alpha value is -5.17. The highest BCUT2D eigenvalue weighted by Gasteiger charge is 2.50. The molecule has 3 aliphatic rings. The molecule has 7 rings (SSSR count). The molecule has 0 radical (unpaired) electrons. The average molecular weight is 673 g/mol. The average Bonchev–Trinajstić information content (AvgIpc) is 3.03. The van der Waals surface area contributed by atoms with Gasteiger partial charge in [0.1, 0.15) is 29.1 Å². The molecule has 2 fully saturated rings. The minimum Gasteiger partial charge on any atom is -0.507 e. The van der Waals surface area contributed by atoms with Gasteiger partial charge in [-0.05, 0) is 55.7 Å². The zero-order valence-electron chi connectivity index (χ0n) is 27.4. The third kappa shape index (κ3) is 4.73. The van der Waals surface area contributed by atoms with E-state index in [0.717, 1.165) is 22.8 Å². The SMILES string of the molecule is C=CC(=O)N1CC2C(=O)N(C3CNC3)c3c(c4cc(F)c(-c5c(O)cccc5F)c(F)c4n(-c4c(C)ccnc4C(C)C)c3=O)N2CC1C. The number of nitrogens with one attached hydrogen (secondary N) is 1. The molecule has 4 aromatic rings. The standard InChI is InChI=1S/C36H35F3N6O4/c1-6-26(47)42-16-24-35(48)44(20-13-40-14-20)34-33(43(24)15-19(42)5)21-12-23(38)28(27-22(37)8-7-9-25(27)46)29(39)32(21)45(36(34)49)31-18(4)10-11-41-30(31)17(2)3/h6-12,17,19-20,24,40,46H,1,13-16H2,2-5H3. The zero-order valence-corrected chi connectivity index (χ0v) is 27.4. The van der Waals surface area contributed by atoms with Crippen molar-refractivity contribution in [1.29, 1.82) is 0 Å². The first-order valence-electron chi connectivity index (χ1n) is 16.1. The van der Waals surface area contributed by atoms with E-state index in [2.05, 4.69) is 16.9 Å². The lowest BCUT2D eigenvalue weighted by atomic mass is 9.93. The van der Waals surface area contributed by atoms with E-state index in [1.165, 1.54) is 21.9 Å². The molecule has 2 unspecified atom stereocenters. The molecule has 0 saturated carbocycles. The maximum atomic E-state index is 17.4. The Morgan fingerprint density at radius 2 is 1.80 bits per heavy atom. The summed E-state index contributed by atoms with van der Waals surface area (Å²) in [6.45, 7) is 11.6. The summed E-state index contributed by atoms with van der Waals surface area (Å²) in [5, 5.41) is 13.7. The maximum Gasteiger partial charge on any atom is 0.281 e. The summed E-state index contributed by atoms with van der Waals surface area (Å²) in [5.41, 5.74) is -1.29. The molecule has 0 bridgehead atoms. The van der Waals surface area contributed by atoms with Crippen LogP contribution in [0.2, 0.25) is 0 Å². The first kappa shape index (κ1) is 32.4. The molecular formula is C36H35F3N6O4. The van der Waals surface area contributed by atoms with Crippen LogP contribution >= 0.6 is 0 Å². The van der Waals surface area contributed by atoms with Crippen LogP contribution in [0.4, 0.5) is 24.5 Å². The molecule has 2 amide bonds. The number of anilines is 2. The van der Waals surface area contributed by atoms with Gasteiger partial charge in [0.05, 0.1) is 46.3 Å². The Morgan fingerprint density at radius 1 is 1.06 bits per heavy atom. The number of carbonyl (C=O) groups is 2. The Labute approximate surface area is 280 Å². The number of phenolic OH excluding ortho intramolecular Hbond substituents is 1. The van der Waals surface area contributed by atoms with Gasteiger partial charge in [-0.25, -0.2) is 13.2 Å². The summed E-state index contributed by atoms with van der Waals surface area (Å²) in [6.07, 6.45) is 2.74. The maximum absolute atomic E-state index is 17.4. The number of hydrogen-bond acceptors (Lipinski definition) is 7. The van der Waals surface area contributed by atoms with Gasteiger partial charge in [-0.1, -0.05) is 26.5 Å². The van der Waals surface area contributed by atoms with Crippen molar-refractivity contribution in [2.75, 3.05) is 36.0 Å². The number of aromatic hydroxyl groups is 1. The van der Waals surface area contributed by atoms with Gasteiger partial charge in [0.2, 0.25) is 5.91 Å². The molecule has 2 aromatic carbocycles. The lowest BCUT2D eigenvalue weighted by Gasteiger charge is -2.52. The van der Waals surface area contributed by atoms with Crippen molar-refractivity contribution in [2.45, 2.75) is 51.7 Å². The normalized spacial score (nSPS) is 19.3. The predicted molar refractivity (Wildman–Crippen MR) is 180 cm³/mol. The van der Waals surface area contributed by atoms with Crippen LogP contribution in [0.25, 0.3) is 27.7 Å². The van der Waals surface area contributed by atoms with Crippen LogP contribution in [0.1, 0.15) is 37.9 Å². The van der Waals surface area contributed by atoms with Crippen molar-refractivity contribution >= 4 is 34.1 Å². The third-order valence-corrected chi connectivity index (χ3v) is 9.84. The van der Waals surface area contributed by atoms with Gasteiger partial charge in [0.15, 0.2) is 5.82 Å². The van der Waals surface area contributed by atoms with Gasteiger partial charge in [-0.2, -0.15) is 0 Å². The largest absolute Gasteiger partial charge is 0.507 e. The zero-order chi connectivity index (χ0) is 35.0. The van der Waals surface area contributed by atoms with Gasteiger partial charge >= 0.3 is 0 Å². The van der Waals surface area contributed by atoms with E-state index < -0.39 is 63.9 Å². The van der Waals surface area contributed by atoms with Crippen LogP contribution < -0.4 is 20.7 Å². The number of aromatic nitrogens is 2. The van der Waals surface area contributed by atoms with Crippen molar-refractivity contribution in [2.24, 2.45) is 0 Å². The number of phenols is 1. The summed E-state index contributed by atoms with van der Waals surface area (Å²) in [7, 11) is 0. The van der Waals surface area contributed by atoms with Gasteiger partial charge in [0.25, 0.3) is 11.5 Å². The van der Waals surface area contributed by atoms with Crippen molar-refractivity contribution in [3.05, 3.63) is 88.2 Å². The summed E-state index contributed by atoms with van der Waals surface area (Å²) < 4.78 is 50.2. The number of halogens is 3. The van der Waals surface area contributed by atoms with E-state index in [1.807, 2.05) is 13.8 Å². The summed E-state index contributed by atoms with van der Waals surface area (Å²) >= 11 is 0. The quantitative estimate of drug-likeness (QED) is 0.300. The second-order valence-corrected chi connectivity index (χ2v) is 13.2.